The lowest BCUT2D eigenvalue weighted by molar-refractivity contribution is -0.159. The number of ketones is 1. The summed E-state index contributed by atoms with van der Waals surface area (Å²) < 4.78 is 41.5. The van der Waals surface area contributed by atoms with Crippen molar-refractivity contribution in [1.29, 1.82) is 0 Å². The molecule has 23 heavy (non-hydrogen) atoms. The first-order valence-corrected chi connectivity index (χ1v) is 6.56. The largest absolute Gasteiger partial charge is 0.471 e. The highest BCUT2D eigenvalue weighted by Crippen LogP contribution is 2.29. The van der Waals surface area contributed by atoms with Crippen LogP contribution >= 0.6 is 0 Å². The zero-order valence-electron chi connectivity index (χ0n) is 11.5. The van der Waals surface area contributed by atoms with E-state index in [0.717, 1.165) is 0 Å². The van der Waals surface area contributed by atoms with Gasteiger partial charge in [-0.15, -0.1) is 0 Å². The van der Waals surface area contributed by atoms with E-state index in [9.17, 15) is 18.0 Å². The molecule has 2 aromatic carbocycles. The van der Waals surface area contributed by atoms with Gasteiger partial charge in [0.1, 0.15) is 0 Å². The number of hydrogen-bond acceptors (Lipinski definition) is 4. The molecule has 0 atom stereocenters. The van der Waals surface area contributed by atoms with E-state index in [-0.39, 0.29) is 11.6 Å². The SMILES string of the molecule is O=C(c1ccccc1)c1ccc(-c2noc(C(F)(F)F)n2)cc1. The summed E-state index contributed by atoms with van der Waals surface area (Å²) in [5.74, 6) is -1.77. The summed E-state index contributed by atoms with van der Waals surface area (Å²) in [5, 5.41) is 3.29. The van der Waals surface area contributed by atoms with Crippen molar-refractivity contribution in [3.05, 3.63) is 71.6 Å². The monoisotopic (exact) mass is 318 g/mol. The minimum absolute atomic E-state index is 0.179. The van der Waals surface area contributed by atoms with Gasteiger partial charge in [0.15, 0.2) is 5.78 Å². The zero-order chi connectivity index (χ0) is 16.4. The van der Waals surface area contributed by atoms with Crippen LogP contribution in [0.25, 0.3) is 11.4 Å². The topological polar surface area (TPSA) is 56.0 Å². The van der Waals surface area contributed by atoms with E-state index in [1.807, 2.05) is 0 Å². The molecule has 0 aliphatic carbocycles. The summed E-state index contributed by atoms with van der Waals surface area (Å²) in [6.45, 7) is 0. The zero-order valence-corrected chi connectivity index (χ0v) is 11.5. The molecule has 3 aromatic rings. The molecule has 7 heteroatoms. The fraction of sp³-hybridized carbons (Fsp3) is 0.0625. The Labute approximate surface area is 128 Å². The van der Waals surface area contributed by atoms with Crippen molar-refractivity contribution in [2.24, 2.45) is 0 Å². The molecule has 0 amide bonds. The molecule has 0 bridgehead atoms. The number of halogens is 3. The molecule has 3 rings (SSSR count). The summed E-state index contributed by atoms with van der Waals surface area (Å²) in [6.07, 6.45) is -4.69. The van der Waals surface area contributed by atoms with Gasteiger partial charge in [-0.3, -0.25) is 4.79 Å². The molecule has 1 aromatic heterocycles. The van der Waals surface area contributed by atoms with E-state index in [1.54, 1.807) is 30.3 Å². The number of carbonyl (C=O) groups is 1. The minimum atomic E-state index is -4.69. The summed E-state index contributed by atoms with van der Waals surface area (Å²) in [5.41, 5.74) is 1.27. The molecule has 0 fully saturated rings. The molecule has 116 valence electrons. The first kappa shape index (κ1) is 15.0. The van der Waals surface area contributed by atoms with E-state index in [4.69, 9.17) is 0 Å². The second-order valence-electron chi connectivity index (χ2n) is 4.69. The predicted molar refractivity (Wildman–Crippen MR) is 74.6 cm³/mol. The van der Waals surface area contributed by atoms with E-state index < -0.39 is 12.1 Å². The van der Waals surface area contributed by atoms with Crippen LogP contribution < -0.4 is 0 Å². The average Bonchev–Trinajstić information content (AvgIpc) is 3.05. The van der Waals surface area contributed by atoms with E-state index in [0.29, 0.717) is 16.7 Å². The third-order valence-electron chi connectivity index (χ3n) is 3.11. The van der Waals surface area contributed by atoms with Crippen LogP contribution in [0.15, 0.2) is 59.1 Å². The Bertz CT molecular complexity index is 825. The molecule has 0 radical (unpaired) electrons. The summed E-state index contributed by atoms with van der Waals surface area (Å²) >= 11 is 0. The number of nitrogens with zero attached hydrogens (tertiary/aromatic N) is 2. The number of carbonyl (C=O) groups excluding carboxylic acids is 1. The summed E-state index contributed by atoms with van der Waals surface area (Å²) in [4.78, 5) is 15.5. The number of alkyl halides is 3. The molecule has 0 spiro atoms. The van der Waals surface area contributed by atoms with Crippen molar-refractivity contribution in [1.82, 2.24) is 10.1 Å². The summed E-state index contributed by atoms with van der Waals surface area (Å²) in [7, 11) is 0. The molecular weight excluding hydrogens is 309 g/mol. The van der Waals surface area contributed by atoms with E-state index >= 15 is 0 Å². The van der Waals surface area contributed by atoms with Crippen molar-refractivity contribution in [2.75, 3.05) is 0 Å². The van der Waals surface area contributed by atoms with Crippen molar-refractivity contribution in [3.8, 4) is 11.4 Å². The molecular formula is C16H9F3N2O2. The highest BCUT2D eigenvalue weighted by molar-refractivity contribution is 6.09. The lowest BCUT2D eigenvalue weighted by atomic mass is 10.0. The molecule has 1 heterocycles. The first-order valence-electron chi connectivity index (χ1n) is 6.56. The fourth-order valence-corrected chi connectivity index (χ4v) is 1.98. The van der Waals surface area contributed by atoms with Gasteiger partial charge in [0.25, 0.3) is 0 Å². The van der Waals surface area contributed by atoms with Gasteiger partial charge < -0.3 is 4.52 Å². The van der Waals surface area contributed by atoms with E-state index in [2.05, 4.69) is 14.7 Å². The lowest BCUT2D eigenvalue weighted by Gasteiger charge is -2.01. The van der Waals surface area contributed by atoms with Gasteiger partial charge in [-0.25, -0.2) is 0 Å². The molecule has 0 saturated carbocycles. The maximum absolute atomic E-state index is 12.4. The van der Waals surface area contributed by atoms with Gasteiger partial charge in [-0.2, -0.15) is 18.2 Å². The number of hydrogen-bond donors (Lipinski definition) is 0. The van der Waals surface area contributed by atoms with Crippen molar-refractivity contribution >= 4 is 5.78 Å². The number of aromatic nitrogens is 2. The van der Waals surface area contributed by atoms with Crippen LogP contribution in [0.1, 0.15) is 21.8 Å². The highest BCUT2D eigenvalue weighted by atomic mass is 19.4. The smallest absolute Gasteiger partial charge is 0.329 e. The van der Waals surface area contributed by atoms with Gasteiger partial charge in [-0.1, -0.05) is 59.8 Å². The van der Waals surface area contributed by atoms with Crippen molar-refractivity contribution < 1.29 is 22.5 Å². The van der Waals surface area contributed by atoms with Crippen LogP contribution in [-0.4, -0.2) is 15.9 Å². The maximum Gasteiger partial charge on any atom is 0.471 e. The Balaban J connectivity index is 1.85. The predicted octanol–water partition coefficient (Wildman–Crippen LogP) is 3.99. The normalized spacial score (nSPS) is 11.4. The Morgan fingerprint density at radius 3 is 2.09 bits per heavy atom. The van der Waals surface area contributed by atoms with E-state index in [1.165, 1.54) is 24.3 Å². The quantitative estimate of drug-likeness (QED) is 0.685. The van der Waals surface area contributed by atoms with Gasteiger partial charge in [0.05, 0.1) is 0 Å². The molecule has 4 nitrogen and oxygen atoms in total. The second kappa shape index (κ2) is 5.68. The third kappa shape index (κ3) is 3.13. The Morgan fingerprint density at radius 1 is 0.913 bits per heavy atom. The van der Waals surface area contributed by atoms with Gasteiger partial charge in [0.2, 0.25) is 5.82 Å². The number of rotatable bonds is 3. The third-order valence-corrected chi connectivity index (χ3v) is 3.11. The number of benzene rings is 2. The first-order chi connectivity index (χ1) is 10.9. The fourth-order valence-electron chi connectivity index (χ4n) is 1.98. The van der Waals surface area contributed by atoms with Crippen LogP contribution in [0.2, 0.25) is 0 Å². The second-order valence-corrected chi connectivity index (χ2v) is 4.69. The Kier molecular flexibility index (Phi) is 3.69. The van der Waals surface area contributed by atoms with Crippen LogP contribution in [0.5, 0.6) is 0 Å². The highest BCUT2D eigenvalue weighted by Gasteiger charge is 2.38. The molecule has 0 aliphatic rings. The maximum atomic E-state index is 12.4. The summed E-state index contributed by atoms with van der Waals surface area (Å²) in [6, 6.07) is 14.6. The van der Waals surface area contributed by atoms with Crippen LogP contribution in [0.4, 0.5) is 13.2 Å². The molecule has 0 aliphatic heterocycles. The Hall–Kier alpha value is -2.96. The molecule has 0 N–H and O–H groups in total. The van der Waals surface area contributed by atoms with Gasteiger partial charge >= 0.3 is 12.1 Å². The van der Waals surface area contributed by atoms with Crippen LogP contribution in [0, 0.1) is 0 Å². The molecule has 0 unspecified atom stereocenters. The van der Waals surface area contributed by atoms with Crippen LogP contribution in [0.3, 0.4) is 0 Å². The van der Waals surface area contributed by atoms with Gasteiger partial charge in [-0.05, 0) is 0 Å². The van der Waals surface area contributed by atoms with Crippen molar-refractivity contribution in [2.45, 2.75) is 6.18 Å². The minimum Gasteiger partial charge on any atom is -0.329 e. The lowest BCUT2D eigenvalue weighted by Crippen LogP contribution is -2.04. The van der Waals surface area contributed by atoms with Crippen molar-refractivity contribution in [3.63, 3.8) is 0 Å². The molecule has 0 saturated heterocycles. The van der Waals surface area contributed by atoms with Gasteiger partial charge in [0, 0.05) is 16.7 Å². The standard InChI is InChI=1S/C16H9F3N2O2/c17-16(18,19)15-20-14(21-23-15)12-8-6-11(7-9-12)13(22)10-4-2-1-3-5-10/h1-9H. The Morgan fingerprint density at radius 2 is 1.52 bits per heavy atom. The average molecular weight is 318 g/mol. The van der Waals surface area contributed by atoms with Crippen LogP contribution in [-0.2, 0) is 6.18 Å².